The summed E-state index contributed by atoms with van der Waals surface area (Å²) < 4.78 is 2.00. The Hall–Kier alpha value is 0.650. The molecule has 0 spiro atoms. The summed E-state index contributed by atoms with van der Waals surface area (Å²) in [5, 5.41) is 0. The summed E-state index contributed by atoms with van der Waals surface area (Å²) in [7, 11) is 0. The van der Waals surface area contributed by atoms with Crippen molar-refractivity contribution in [3.63, 3.8) is 0 Å². The molecule has 0 N–H and O–H groups in total. The van der Waals surface area contributed by atoms with Gasteiger partial charge in [0.05, 0.1) is 9.16 Å². The minimum atomic E-state index is 0.239. The quantitative estimate of drug-likeness (QED) is 0.554. The number of rotatable bonds is 2. The lowest BCUT2D eigenvalue weighted by molar-refractivity contribution is 1.27. The summed E-state index contributed by atoms with van der Waals surface area (Å²) in [5.74, 6) is 0. The Labute approximate surface area is 119 Å². The number of hydrogen-bond acceptors (Lipinski definition) is 2. The van der Waals surface area contributed by atoms with Gasteiger partial charge in [-0.2, -0.15) is 0 Å². The van der Waals surface area contributed by atoms with Gasteiger partial charge in [-0.15, -0.1) is 22.7 Å². The summed E-state index contributed by atoms with van der Waals surface area (Å²) in [6.07, 6.45) is 0. The molecule has 2 aromatic rings. The Morgan fingerprint density at radius 1 is 1.33 bits per heavy atom. The van der Waals surface area contributed by atoms with Crippen molar-refractivity contribution in [2.45, 2.75) is 11.8 Å². The SMILES string of the molecule is Cc1cc(Br)c(C(Br)c2ccc(Cl)s2)s1. The molecule has 2 rings (SSSR count). The molecule has 0 aliphatic heterocycles. The molecule has 1 atom stereocenters. The Kier molecular flexibility index (Phi) is 3.94. The van der Waals surface area contributed by atoms with Crippen LogP contribution in [0.4, 0.5) is 0 Å². The largest absolute Gasteiger partial charge is 0.143 e. The van der Waals surface area contributed by atoms with Crippen molar-refractivity contribution in [2.24, 2.45) is 0 Å². The van der Waals surface area contributed by atoms with Gasteiger partial charge in [-0.25, -0.2) is 0 Å². The van der Waals surface area contributed by atoms with Crippen molar-refractivity contribution in [3.05, 3.63) is 41.6 Å². The predicted octanol–water partition coefficient (Wildman–Crippen LogP) is 6.02. The fraction of sp³-hybridized carbons (Fsp3) is 0.200. The van der Waals surface area contributed by atoms with E-state index in [-0.39, 0.29) is 4.83 Å². The fourth-order valence-electron chi connectivity index (χ4n) is 1.27. The van der Waals surface area contributed by atoms with Crippen molar-refractivity contribution < 1.29 is 0 Å². The molecule has 0 saturated heterocycles. The molecule has 80 valence electrons. The van der Waals surface area contributed by atoms with Crippen LogP contribution >= 0.6 is 66.1 Å². The summed E-state index contributed by atoms with van der Waals surface area (Å²) in [6.45, 7) is 2.11. The van der Waals surface area contributed by atoms with Crippen LogP contribution in [0, 0.1) is 6.92 Å². The molecular weight excluding hydrogens is 380 g/mol. The molecule has 1 unspecified atom stereocenters. The predicted molar refractivity (Wildman–Crippen MR) is 76.9 cm³/mol. The van der Waals surface area contributed by atoms with Gasteiger partial charge in [-0.1, -0.05) is 27.5 Å². The Balaban J connectivity index is 2.35. The van der Waals surface area contributed by atoms with Crippen LogP contribution in [0.3, 0.4) is 0 Å². The molecule has 0 nitrogen and oxygen atoms in total. The monoisotopic (exact) mass is 384 g/mol. The van der Waals surface area contributed by atoms with Crippen LogP contribution in [-0.2, 0) is 0 Å². The van der Waals surface area contributed by atoms with Gasteiger partial charge in [0.1, 0.15) is 0 Å². The zero-order chi connectivity index (χ0) is 11.0. The molecule has 0 saturated carbocycles. The maximum Gasteiger partial charge on any atom is 0.0931 e. The van der Waals surface area contributed by atoms with Gasteiger partial charge in [-0.05, 0) is 41.1 Å². The van der Waals surface area contributed by atoms with Gasteiger partial charge in [0.15, 0.2) is 0 Å². The van der Waals surface area contributed by atoms with Crippen LogP contribution < -0.4 is 0 Å². The molecule has 0 bridgehead atoms. The van der Waals surface area contributed by atoms with E-state index in [0.29, 0.717) is 0 Å². The molecule has 0 fully saturated rings. The zero-order valence-electron chi connectivity index (χ0n) is 7.76. The standard InChI is InChI=1S/C10H7Br2ClS2/c1-5-4-6(11)10(14-5)9(12)7-2-3-8(13)15-7/h2-4,9H,1H3. The van der Waals surface area contributed by atoms with Crippen LogP contribution in [0.2, 0.25) is 4.34 Å². The average molecular weight is 387 g/mol. The van der Waals surface area contributed by atoms with E-state index in [0.717, 1.165) is 8.81 Å². The first-order valence-corrected chi connectivity index (χ1v) is 7.95. The summed E-state index contributed by atoms with van der Waals surface area (Å²) >= 11 is 16.6. The first kappa shape index (κ1) is 12.1. The number of alkyl halides is 1. The molecule has 0 radical (unpaired) electrons. The highest BCUT2D eigenvalue weighted by molar-refractivity contribution is 9.11. The minimum absolute atomic E-state index is 0.239. The average Bonchev–Trinajstić information content (AvgIpc) is 2.71. The number of halogens is 3. The fourth-order valence-corrected chi connectivity index (χ4v) is 5.54. The summed E-state index contributed by atoms with van der Waals surface area (Å²) in [4.78, 5) is 4.08. The van der Waals surface area contributed by atoms with Crippen molar-refractivity contribution in [1.82, 2.24) is 0 Å². The first-order chi connectivity index (χ1) is 7.08. The lowest BCUT2D eigenvalue weighted by atomic mass is 10.3. The van der Waals surface area contributed by atoms with Gasteiger partial charge in [0.25, 0.3) is 0 Å². The number of aryl methyl sites for hydroxylation is 1. The van der Waals surface area contributed by atoms with E-state index in [4.69, 9.17) is 11.6 Å². The molecule has 0 aromatic carbocycles. The Morgan fingerprint density at radius 3 is 2.53 bits per heavy atom. The van der Waals surface area contributed by atoms with Crippen LogP contribution in [0.15, 0.2) is 22.7 Å². The molecule has 0 amide bonds. The third-order valence-electron chi connectivity index (χ3n) is 1.91. The van der Waals surface area contributed by atoms with Gasteiger partial charge in [0.2, 0.25) is 0 Å². The van der Waals surface area contributed by atoms with Crippen LogP contribution in [0.25, 0.3) is 0 Å². The highest BCUT2D eigenvalue weighted by Gasteiger charge is 2.17. The minimum Gasteiger partial charge on any atom is -0.143 e. The summed E-state index contributed by atoms with van der Waals surface area (Å²) in [6, 6.07) is 6.14. The summed E-state index contributed by atoms with van der Waals surface area (Å²) in [5.41, 5.74) is 0. The van der Waals surface area contributed by atoms with E-state index in [1.165, 1.54) is 14.6 Å². The van der Waals surface area contributed by atoms with E-state index in [2.05, 4.69) is 50.9 Å². The zero-order valence-corrected chi connectivity index (χ0v) is 13.3. The van der Waals surface area contributed by atoms with E-state index < -0.39 is 0 Å². The third-order valence-corrected chi connectivity index (χ3v) is 6.80. The Morgan fingerprint density at radius 2 is 2.07 bits per heavy atom. The second kappa shape index (κ2) is 4.88. The highest BCUT2D eigenvalue weighted by Crippen LogP contribution is 2.43. The maximum absolute atomic E-state index is 5.93. The van der Waals surface area contributed by atoms with Crippen molar-refractivity contribution in [2.75, 3.05) is 0 Å². The lowest BCUT2D eigenvalue weighted by Crippen LogP contribution is -1.85. The molecule has 2 aromatic heterocycles. The van der Waals surface area contributed by atoms with Crippen LogP contribution in [0.5, 0.6) is 0 Å². The second-order valence-electron chi connectivity index (χ2n) is 3.07. The van der Waals surface area contributed by atoms with Crippen molar-refractivity contribution in [1.29, 1.82) is 0 Å². The molecule has 0 aliphatic rings. The van der Waals surface area contributed by atoms with E-state index in [1.54, 1.807) is 22.7 Å². The highest BCUT2D eigenvalue weighted by atomic mass is 79.9. The van der Waals surface area contributed by atoms with Crippen LogP contribution in [0.1, 0.15) is 19.5 Å². The van der Waals surface area contributed by atoms with Crippen LogP contribution in [-0.4, -0.2) is 0 Å². The van der Waals surface area contributed by atoms with Crippen molar-refractivity contribution in [3.8, 4) is 0 Å². The first-order valence-electron chi connectivity index (χ1n) is 4.23. The van der Waals surface area contributed by atoms with E-state index in [9.17, 15) is 0 Å². The normalized spacial score (nSPS) is 13.1. The lowest BCUT2D eigenvalue weighted by Gasteiger charge is -2.05. The Bertz CT molecular complexity index is 475. The molecule has 5 heteroatoms. The molecular formula is C10H7Br2ClS2. The van der Waals surface area contributed by atoms with Crippen molar-refractivity contribution >= 4 is 66.1 Å². The van der Waals surface area contributed by atoms with Gasteiger partial charge in [-0.3, -0.25) is 0 Å². The van der Waals surface area contributed by atoms with E-state index in [1.807, 2.05) is 6.07 Å². The molecule has 0 aliphatic carbocycles. The second-order valence-corrected chi connectivity index (χ2v) is 7.88. The van der Waals surface area contributed by atoms with Gasteiger partial charge < -0.3 is 0 Å². The molecule has 2 heterocycles. The van der Waals surface area contributed by atoms with E-state index >= 15 is 0 Å². The van der Waals surface area contributed by atoms with Gasteiger partial charge >= 0.3 is 0 Å². The van der Waals surface area contributed by atoms with Gasteiger partial charge in [0, 0.05) is 19.1 Å². The maximum atomic E-state index is 5.93. The third kappa shape index (κ3) is 2.67. The molecule has 15 heavy (non-hydrogen) atoms. The number of hydrogen-bond donors (Lipinski definition) is 0. The number of thiophene rings is 2. The smallest absolute Gasteiger partial charge is 0.0931 e. The topological polar surface area (TPSA) is 0 Å².